The Morgan fingerprint density at radius 2 is 2.17 bits per heavy atom. The number of hydrogen-bond acceptors (Lipinski definition) is 10. The van der Waals surface area contributed by atoms with Crippen LogP contribution in [0.25, 0.3) is 11.2 Å². The van der Waals surface area contributed by atoms with Crippen molar-refractivity contribution in [2.45, 2.75) is 31.5 Å². The van der Waals surface area contributed by atoms with E-state index in [1.165, 1.54) is 22.2 Å². The van der Waals surface area contributed by atoms with Crippen LogP contribution in [0.4, 0.5) is 5.82 Å². The third-order valence-corrected chi connectivity index (χ3v) is 4.97. The molecule has 1 saturated heterocycles. The number of nitrogens with zero attached hydrogens (tertiary/aromatic N) is 5. The Balaban J connectivity index is 1.70. The van der Waals surface area contributed by atoms with Crippen molar-refractivity contribution in [2.75, 3.05) is 12.3 Å². The number of hydrogen-bond donors (Lipinski definition) is 4. The lowest BCUT2D eigenvalue weighted by Crippen LogP contribution is -2.42. The molecule has 0 saturated carbocycles. The van der Waals surface area contributed by atoms with Gasteiger partial charge < -0.3 is 26.0 Å². The number of aliphatic hydroxyl groups is 2. The lowest BCUT2D eigenvalue weighted by atomic mass is 10.1. The highest BCUT2D eigenvalue weighted by Crippen LogP contribution is 2.32. The van der Waals surface area contributed by atoms with Gasteiger partial charge in [-0.25, -0.2) is 19.9 Å². The summed E-state index contributed by atoms with van der Waals surface area (Å²) in [5.41, 5.74) is 6.52. The standard InChI is InChI=1S/C17H17N7O4S/c1-2-19-16(27)13-11(25)12(26)17(28-13)24-7-21-10-14(18)22-8(23-15(10)24)3-4-9-20-5-6-29-9/h5-7,11-13,17,25-26H,2H2,1H3,(H,19,27)(H2,18,22,23)/t11-,12+,13-,17?/m0/s1. The van der Waals surface area contributed by atoms with E-state index in [1.807, 2.05) is 0 Å². The van der Waals surface area contributed by atoms with Crippen molar-refractivity contribution in [3.05, 3.63) is 28.7 Å². The van der Waals surface area contributed by atoms with Gasteiger partial charge in [0.25, 0.3) is 5.91 Å². The van der Waals surface area contributed by atoms with Gasteiger partial charge in [0.15, 0.2) is 28.8 Å². The quantitative estimate of drug-likeness (QED) is 0.394. The van der Waals surface area contributed by atoms with E-state index >= 15 is 0 Å². The minimum Gasteiger partial charge on any atom is -0.387 e. The summed E-state index contributed by atoms with van der Waals surface area (Å²) in [6.07, 6.45) is -2.10. The molecule has 29 heavy (non-hydrogen) atoms. The summed E-state index contributed by atoms with van der Waals surface area (Å²) >= 11 is 1.37. The fourth-order valence-corrected chi connectivity index (χ4v) is 3.44. The fourth-order valence-electron chi connectivity index (χ4n) is 2.96. The molecule has 1 fully saturated rings. The number of nitrogens with one attached hydrogen (secondary N) is 1. The molecule has 0 bridgehead atoms. The predicted octanol–water partition coefficient (Wildman–Crippen LogP) is -0.980. The molecule has 150 valence electrons. The summed E-state index contributed by atoms with van der Waals surface area (Å²) in [5, 5.41) is 25.6. The van der Waals surface area contributed by atoms with Gasteiger partial charge in [0.1, 0.15) is 17.7 Å². The summed E-state index contributed by atoms with van der Waals surface area (Å²) in [4.78, 5) is 28.8. The highest BCUT2D eigenvalue weighted by atomic mass is 32.1. The highest BCUT2D eigenvalue weighted by molar-refractivity contribution is 7.10. The zero-order valence-corrected chi connectivity index (χ0v) is 16.0. The molecular weight excluding hydrogens is 398 g/mol. The van der Waals surface area contributed by atoms with E-state index in [9.17, 15) is 15.0 Å². The number of thiazole rings is 1. The van der Waals surface area contributed by atoms with Crippen LogP contribution in [0.15, 0.2) is 17.9 Å². The Morgan fingerprint density at radius 3 is 2.90 bits per heavy atom. The molecule has 3 aromatic rings. The van der Waals surface area contributed by atoms with Crippen LogP contribution >= 0.6 is 11.3 Å². The molecule has 12 heteroatoms. The first-order valence-electron chi connectivity index (χ1n) is 8.70. The van der Waals surface area contributed by atoms with Crippen LogP contribution < -0.4 is 11.1 Å². The Labute approximate surface area is 168 Å². The zero-order valence-electron chi connectivity index (χ0n) is 15.2. The third-order valence-electron chi connectivity index (χ3n) is 4.28. The van der Waals surface area contributed by atoms with Crippen molar-refractivity contribution in [1.29, 1.82) is 0 Å². The van der Waals surface area contributed by atoms with E-state index in [4.69, 9.17) is 10.5 Å². The molecule has 4 rings (SSSR count). The topological polar surface area (TPSA) is 161 Å². The number of ether oxygens (including phenoxy) is 1. The minimum atomic E-state index is -1.41. The average Bonchev–Trinajstić information content (AvgIpc) is 3.41. The second-order valence-corrected chi connectivity index (χ2v) is 7.06. The van der Waals surface area contributed by atoms with Crippen molar-refractivity contribution >= 4 is 34.2 Å². The number of imidazole rings is 1. The van der Waals surface area contributed by atoms with Crippen molar-refractivity contribution in [3.8, 4) is 11.8 Å². The Hall–Kier alpha value is -3.11. The van der Waals surface area contributed by atoms with Crippen molar-refractivity contribution in [3.63, 3.8) is 0 Å². The van der Waals surface area contributed by atoms with E-state index < -0.39 is 30.4 Å². The van der Waals surface area contributed by atoms with Crippen LogP contribution in [0.2, 0.25) is 0 Å². The first-order chi connectivity index (χ1) is 14.0. The van der Waals surface area contributed by atoms with Crippen LogP contribution in [-0.2, 0) is 9.53 Å². The summed E-state index contributed by atoms with van der Waals surface area (Å²) in [5.74, 6) is 5.35. The van der Waals surface area contributed by atoms with Crippen LogP contribution in [0.1, 0.15) is 24.0 Å². The molecule has 1 aliphatic rings. The molecule has 0 radical (unpaired) electrons. The summed E-state index contributed by atoms with van der Waals surface area (Å²) in [7, 11) is 0. The lowest BCUT2D eigenvalue weighted by Gasteiger charge is -2.16. The molecule has 1 aliphatic heterocycles. The number of carbonyl (C=O) groups is 1. The van der Waals surface area contributed by atoms with Crippen molar-refractivity contribution in [2.24, 2.45) is 0 Å². The second kappa shape index (κ2) is 7.72. The summed E-state index contributed by atoms with van der Waals surface area (Å²) in [6, 6.07) is 0. The van der Waals surface area contributed by atoms with Gasteiger partial charge in [0, 0.05) is 18.1 Å². The van der Waals surface area contributed by atoms with Gasteiger partial charge in [-0.2, -0.15) is 0 Å². The molecule has 1 amide bonds. The number of rotatable bonds is 3. The molecule has 4 atom stereocenters. The number of aromatic nitrogens is 5. The molecule has 5 N–H and O–H groups in total. The molecule has 4 heterocycles. The highest BCUT2D eigenvalue weighted by Gasteiger charge is 2.47. The SMILES string of the molecule is CCNC(=O)[C@H]1OC(n2cnc3c(N)nc(C#Cc4nccs4)nc32)[C@H](O)[C@@H]1O. The molecule has 11 nitrogen and oxygen atoms in total. The molecular formula is C17H17N7O4S. The second-order valence-electron chi connectivity index (χ2n) is 6.17. The molecule has 3 aromatic heterocycles. The van der Waals surface area contributed by atoms with E-state index in [0.29, 0.717) is 11.6 Å². The van der Waals surface area contributed by atoms with E-state index in [1.54, 1.807) is 18.5 Å². The molecule has 0 aliphatic carbocycles. The van der Waals surface area contributed by atoms with Crippen molar-refractivity contribution in [1.82, 2.24) is 29.8 Å². The first-order valence-corrected chi connectivity index (χ1v) is 9.58. The number of anilines is 1. The van der Waals surface area contributed by atoms with E-state index in [2.05, 4.69) is 37.1 Å². The number of fused-ring (bicyclic) bond motifs is 1. The Morgan fingerprint density at radius 1 is 1.34 bits per heavy atom. The average molecular weight is 415 g/mol. The van der Waals surface area contributed by atoms with Gasteiger partial charge in [-0.3, -0.25) is 9.36 Å². The van der Waals surface area contributed by atoms with E-state index in [0.717, 1.165) is 0 Å². The maximum absolute atomic E-state index is 12.1. The number of carbonyl (C=O) groups excluding carboxylic acids is 1. The number of likely N-dealkylation sites (N-methyl/N-ethyl adjacent to an activating group) is 1. The van der Waals surface area contributed by atoms with Gasteiger partial charge in [0.2, 0.25) is 5.82 Å². The lowest BCUT2D eigenvalue weighted by molar-refractivity contribution is -0.137. The van der Waals surface area contributed by atoms with Crippen LogP contribution in [-0.4, -0.2) is 65.5 Å². The largest absolute Gasteiger partial charge is 0.387 e. The third kappa shape index (κ3) is 3.52. The molecule has 0 aromatic carbocycles. The molecule has 0 spiro atoms. The maximum atomic E-state index is 12.1. The van der Waals surface area contributed by atoms with Gasteiger partial charge in [-0.15, -0.1) is 11.3 Å². The normalized spacial score (nSPS) is 23.7. The summed E-state index contributed by atoms with van der Waals surface area (Å²) < 4.78 is 7.01. The minimum absolute atomic E-state index is 0.102. The summed E-state index contributed by atoms with van der Waals surface area (Å²) in [6.45, 7) is 2.11. The smallest absolute Gasteiger partial charge is 0.252 e. The zero-order chi connectivity index (χ0) is 20.5. The number of aliphatic hydroxyl groups excluding tert-OH is 2. The van der Waals surface area contributed by atoms with Gasteiger partial charge in [0.05, 0.1) is 6.33 Å². The fraction of sp³-hybridized carbons (Fsp3) is 0.353. The van der Waals surface area contributed by atoms with Gasteiger partial charge in [-0.05, 0) is 18.8 Å². The van der Waals surface area contributed by atoms with Crippen LogP contribution in [0.3, 0.4) is 0 Å². The first kappa shape index (κ1) is 19.2. The van der Waals surface area contributed by atoms with Crippen LogP contribution in [0, 0.1) is 11.8 Å². The number of nitrogen functional groups attached to an aromatic ring is 1. The van der Waals surface area contributed by atoms with E-state index in [-0.39, 0.29) is 22.8 Å². The molecule has 1 unspecified atom stereocenters. The Kier molecular flexibility index (Phi) is 5.12. The predicted molar refractivity (Wildman–Crippen MR) is 102 cm³/mol. The Bertz CT molecular complexity index is 1100. The van der Waals surface area contributed by atoms with Gasteiger partial charge >= 0.3 is 0 Å². The number of nitrogens with two attached hydrogens (primary N) is 1. The van der Waals surface area contributed by atoms with Crippen molar-refractivity contribution < 1.29 is 19.7 Å². The maximum Gasteiger partial charge on any atom is 0.252 e. The van der Waals surface area contributed by atoms with Gasteiger partial charge in [-0.1, -0.05) is 0 Å². The monoisotopic (exact) mass is 415 g/mol. The number of amides is 1. The van der Waals surface area contributed by atoms with Crippen LogP contribution in [0.5, 0.6) is 0 Å².